The number of rotatable bonds is 4. The lowest BCUT2D eigenvalue weighted by Crippen LogP contribution is -2.22. The van der Waals surface area contributed by atoms with Crippen molar-refractivity contribution in [2.45, 2.75) is 10.8 Å². The van der Waals surface area contributed by atoms with E-state index in [0.29, 0.717) is 8.81 Å². The van der Waals surface area contributed by atoms with Gasteiger partial charge in [-0.05, 0) is 39.7 Å². The van der Waals surface area contributed by atoms with Crippen LogP contribution < -0.4 is 4.72 Å². The average Bonchev–Trinajstić information content (AvgIpc) is 2.70. The van der Waals surface area contributed by atoms with E-state index in [1.54, 1.807) is 12.1 Å². The molecule has 2 N–H and O–H groups in total. The number of benzene rings is 1. The summed E-state index contributed by atoms with van der Waals surface area (Å²) in [7, 11) is -3.58. The van der Waals surface area contributed by atoms with Gasteiger partial charge in [0.05, 0.1) is 8.81 Å². The number of sulfonamides is 1. The highest BCUT2D eigenvalue weighted by atomic mass is 79.9. The molecular weight excluding hydrogens is 374 g/mol. The molecule has 0 spiro atoms. The van der Waals surface area contributed by atoms with Gasteiger partial charge in [0.1, 0.15) is 9.96 Å². The van der Waals surface area contributed by atoms with E-state index in [0.717, 1.165) is 16.9 Å². The van der Waals surface area contributed by atoms with E-state index in [2.05, 4.69) is 20.7 Å². The Morgan fingerprint density at radius 1 is 1.32 bits per heavy atom. The van der Waals surface area contributed by atoms with Gasteiger partial charge in [-0.2, -0.15) is 0 Å². The standard InChI is InChI=1S/C11H9BrClNO3S2/c12-11-9(13)5-10(18-11)19(16,17)14-6-7-1-3-8(15)4-2-7/h1-5,14-15H,6H2. The van der Waals surface area contributed by atoms with Crippen LogP contribution in [0.1, 0.15) is 5.56 Å². The summed E-state index contributed by atoms with van der Waals surface area (Å²) in [4.78, 5) is 0. The van der Waals surface area contributed by atoms with Crippen LogP contribution in [0.4, 0.5) is 0 Å². The lowest BCUT2D eigenvalue weighted by Gasteiger charge is -2.04. The zero-order valence-electron chi connectivity index (χ0n) is 9.43. The maximum Gasteiger partial charge on any atom is 0.250 e. The number of phenols is 1. The topological polar surface area (TPSA) is 66.4 Å². The highest BCUT2D eigenvalue weighted by Crippen LogP contribution is 2.34. The molecule has 1 heterocycles. The monoisotopic (exact) mass is 381 g/mol. The molecule has 8 heteroatoms. The molecule has 0 aliphatic rings. The van der Waals surface area contributed by atoms with Crippen molar-refractivity contribution in [2.24, 2.45) is 0 Å². The molecule has 0 fully saturated rings. The predicted octanol–water partition coefficient (Wildman–Crippen LogP) is 3.35. The summed E-state index contributed by atoms with van der Waals surface area (Å²) in [6.07, 6.45) is 0. The van der Waals surface area contributed by atoms with Crippen LogP contribution in [0.25, 0.3) is 0 Å². The zero-order chi connectivity index (χ0) is 14.0. The summed E-state index contributed by atoms with van der Waals surface area (Å²) in [6, 6.07) is 7.70. The summed E-state index contributed by atoms with van der Waals surface area (Å²) in [6.45, 7) is 0.149. The Bertz CT molecular complexity index is 663. The zero-order valence-corrected chi connectivity index (χ0v) is 13.4. The van der Waals surface area contributed by atoms with Gasteiger partial charge in [-0.25, -0.2) is 13.1 Å². The Morgan fingerprint density at radius 2 is 1.95 bits per heavy atom. The fourth-order valence-electron chi connectivity index (χ4n) is 1.32. The van der Waals surface area contributed by atoms with Crippen LogP contribution in [0.3, 0.4) is 0 Å². The third-order valence-electron chi connectivity index (χ3n) is 2.29. The maximum atomic E-state index is 12.0. The van der Waals surface area contributed by atoms with Crippen LogP contribution in [0.15, 0.2) is 38.3 Å². The van der Waals surface area contributed by atoms with Crippen molar-refractivity contribution < 1.29 is 13.5 Å². The van der Waals surface area contributed by atoms with Crippen molar-refractivity contribution >= 4 is 48.9 Å². The summed E-state index contributed by atoms with van der Waals surface area (Å²) in [5, 5.41) is 9.51. The Hall–Kier alpha value is -0.600. The highest BCUT2D eigenvalue weighted by molar-refractivity contribution is 9.11. The van der Waals surface area contributed by atoms with Gasteiger partial charge in [0, 0.05) is 6.54 Å². The number of hydrogen-bond acceptors (Lipinski definition) is 4. The van der Waals surface area contributed by atoms with Gasteiger partial charge >= 0.3 is 0 Å². The fourth-order valence-corrected chi connectivity index (χ4v) is 4.78. The smallest absolute Gasteiger partial charge is 0.250 e. The Balaban J connectivity index is 2.11. The second-order valence-corrected chi connectivity index (χ2v) is 8.45. The molecule has 0 saturated heterocycles. The van der Waals surface area contributed by atoms with E-state index in [9.17, 15) is 8.42 Å². The molecule has 19 heavy (non-hydrogen) atoms. The second kappa shape index (κ2) is 5.80. The number of nitrogens with one attached hydrogen (secondary N) is 1. The van der Waals surface area contributed by atoms with Crippen LogP contribution >= 0.6 is 38.9 Å². The van der Waals surface area contributed by atoms with Crippen LogP contribution in [0.2, 0.25) is 5.02 Å². The molecular formula is C11H9BrClNO3S2. The van der Waals surface area contributed by atoms with E-state index in [4.69, 9.17) is 16.7 Å². The van der Waals surface area contributed by atoms with Gasteiger partial charge in [-0.3, -0.25) is 0 Å². The quantitative estimate of drug-likeness (QED) is 0.852. The van der Waals surface area contributed by atoms with Crippen molar-refractivity contribution in [2.75, 3.05) is 0 Å². The van der Waals surface area contributed by atoms with Gasteiger partial charge in [-0.1, -0.05) is 23.7 Å². The van der Waals surface area contributed by atoms with E-state index >= 15 is 0 Å². The number of hydrogen-bond donors (Lipinski definition) is 2. The molecule has 1 aromatic carbocycles. The molecule has 0 unspecified atom stereocenters. The maximum absolute atomic E-state index is 12.0. The van der Waals surface area contributed by atoms with Crippen molar-refractivity contribution in [3.8, 4) is 5.75 Å². The molecule has 0 saturated carbocycles. The normalized spacial score (nSPS) is 11.7. The van der Waals surface area contributed by atoms with Crippen LogP contribution in [0.5, 0.6) is 5.75 Å². The van der Waals surface area contributed by atoms with Gasteiger partial charge in [-0.15, -0.1) is 11.3 Å². The molecule has 2 aromatic rings. The first kappa shape index (κ1) is 14.8. The van der Waals surface area contributed by atoms with Gasteiger partial charge in [0.2, 0.25) is 10.0 Å². The first-order valence-electron chi connectivity index (χ1n) is 5.11. The first-order valence-corrected chi connectivity index (χ1v) is 8.58. The van der Waals surface area contributed by atoms with Gasteiger partial charge in [0.25, 0.3) is 0 Å². The van der Waals surface area contributed by atoms with Crippen molar-refractivity contribution in [1.29, 1.82) is 0 Å². The Morgan fingerprint density at radius 3 is 2.47 bits per heavy atom. The van der Waals surface area contributed by atoms with E-state index in [1.165, 1.54) is 18.2 Å². The molecule has 0 radical (unpaired) electrons. The molecule has 102 valence electrons. The molecule has 2 rings (SSSR count). The van der Waals surface area contributed by atoms with Gasteiger partial charge < -0.3 is 5.11 Å². The largest absolute Gasteiger partial charge is 0.508 e. The molecule has 0 atom stereocenters. The molecule has 0 bridgehead atoms. The van der Waals surface area contributed by atoms with E-state index in [1.807, 2.05) is 0 Å². The van der Waals surface area contributed by atoms with Crippen LogP contribution in [0, 0.1) is 0 Å². The molecule has 4 nitrogen and oxygen atoms in total. The van der Waals surface area contributed by atoms with Crippen LogP contribution in [-0.4, -0.2) is 13.5 Å². The summed E-state index contributed by atoms with van der Waals surface area (Å²) in [5.41, 5.74) is 0.753. The van der Waals surface area contributed by atoms with Crippen molar-refractivity contribution in [3.63, 3.8) is 0 Å². The summed E-state index contributed by atoms with van der Waals surface area (Å²) in [5.74, 6) is 0.139. The fraction of sp³-hybridized carbons (Fsp3) is 0.0909. The minimum atomic E-state index is -3.58. The highest BCUT2D eigenvalue weighted by Gasteiger charge is 2.18. The molecule has 0 aliphatic heterocycles. The third-order valence-corrected chi connectivity index (χ3v) is 6.64. The minimum absolute atomic E-state index is 0.139. The van der Waals surface area contributed by atoms with E-state index in [-0.39, 0.29) is 16.5 Å². The van der Waals surface area contributed by atoms with Gasteiger partial charge in [0.15, 0.2) is 0 Å². The van der Waals surface area contributed by atoms with Crippen molar-refractivity contribution in [1.82, 2.24) is 4.72 Å². The summed E-state index contributed by atoms with van der Waals surface area (Å²) < 4.78 is 27.2. The second-order valence-electron chi connectivity index (χ2n) is 3.68. The lowest BCUT2D eigenvalue weighted by molar-refractivity contribution is 0.475. The number of thiophene rings is 1. The predicted molar refractivity (Wildman–Crippen MR) is 79.2 cm³/mol. The number of aromatic hydroxyl groups is 1. The Labute approximate surface area is 128 Å². The van der Waals surface area contributed by atoms with Crippen LogP contribution in [-0.2, 0) is 16.6 Å². The lowest BCUT2D eigenvalue weighted by atomic mass is 10.2. The SMILES string of the molecule is O=S(=O)(NCc1ccc(O)cc1)c1cc(Cl)c(Br)s1. The Kier molecular flexibility index (Phi) is 4.52. The number of phenolic OH excluding ortho intramolecular Hbond substituents is 1. The molecule has 1 aromatic heterocycles. The van der Waals surface area contributed by atoms with E-state index < -0.39 is 10.0 Å². The summed E-state index contributed by atoms with van der Waals surface area (Å²) >= 11 is 10.0. The third kappa shape index (κ3) is 3.70. The molecule has 0 aliphatic carbocycles. The average molecular weight is 383 g/mol. The van der Waals surface area contributed by atoms with Crippen molar-refractivity contribution in [3.05, 3.63) is 44.7 Å². The number of halogens is 2. The minimum Gasteiger partial charge on any atom is -0.508 e. The molecule has 0 amide bonds. The first-order chi connectivity index (χ1) is 8.88.